The van der Waals surface area contributed by atoms with Gasteiger partial charge in [-0.3, -0.25) is 9.59 Å². The van der Waals surface area contributed by atoms with E-state index in [4.69, 9.17) is 4.74 Å². The summed E-state index contributed by atoms with van der Waals surface area (Å²) in [6.07, 6.45) is 2.87. The number of esters is 1. The standard InChI is InChI=1S/C23H26N2O4/c1-15-7-5-10-18(13-15)22(27)24-16(2)23(28)29-14-21(26)25-20-12-6-9-17-8-3-4-11-19(17)20/h3-5,7-8,10-11,13,16,20H,6,9,12,14H2,1-2H3,(H,24,27)(H,25,26)/t16-,20+/m0/s1. The first kappa shape index (κ1) is 20.6. The minimum Gasteiger partial charge on any atom is -0.454 e. The van der Waals surface area contributed by atoms with Gasteiger partial charge in [0.25, 0.3) is 11.8 Å². The van der Waals surface area contributed by atoms with Gasteiger partial charge in [0.15, 0.2) is 6.61 Å². The lowest BCUT2D eigenvalue weighted by Gasteiger charge is -2.26. The van der Waals surface area contributed by atoms with Gasteiger partial charge in [-0.15, -0.1) is 0 Å². The van der Waals surface area contributed by atoms with Gasteiger partial charge in [0.05, 0.1) is 6.04 Å². The average Bonchev–Trinajstić information content (AvgIpc) is 2.72. The maximum absolute atomic E-state index is 12.3. The molecular formula is C23H26N2O4. The Labute approximate surface area is 170 Å². The van der Waals surface area contributed by atoms with Gasteiger partial charge in [0.1, 0.15) is 6.04 Å². The van der Waals surface area contributed by atoms with Gasteiger partial charge in [-0.25, -0.2) is 4.79 Å². The summed E-state index contributed by atoms with van der Waals surface area (Å²) in [6.45, 7) is 3.05. The van der Waals surface area contributed by atoms with E-state index in [1.165, 1.54) is 12.5 Å². The van der Waals surface area contributed by atoms with Crippen molar-refractivity contribution in [2.75, 3.05) is 6.61 Å². The number of nitrogens with one attached hydrogen (secondary N) is 2. The Morgan fingerprint density at radius 1 is 1.14 bits per heavy atom. The highest BCUT2D eigenvalue weighted by atomic mass is 16.5. The zero-order valence-electron chi connectivity index (χ0n) is 16.7. The van der Waals surface area contributed by atoms with Crippen LogP contribution in [0.2, 0.25) is 0 Å². The van der Waals surface area contributed by atoms with E-state index in [1.54, 1.807) is 18.2 Å². The van der Waals surface area contributed by atoms with Crippen LogP contribution in [-0.4, -0.2) is 30.4 Å². The van der Waals surface area contributed by atoms with Crippen LogP contribution in [0.4, 0.5) is 0 Å². The minimum absolute atomic E-state index is 0.0652. The molecule has 0 unspecified atom stereocenters. The summed E-state index contributed by atoms with van der Waals surface area (Å²) >= 11 is 0. The van der Waals surface area contributed by atoms with Crippen molar-refractivity contribution < 1.29 is 19.1 Å². The van der Waals surface area contributed by atoms with Crippen LogP contribution in [0.5, 0.6) is 0 Å². The average molecular weight is 394 g/mol. The highest BCUT2D eigenvalue weighted by Gasteiger charge is 2.23. The van der Waals surface area contributed by atoms with Gasteiger partial charge in [-0.05, 0) is 56.4 Å². The van der Waals surface area contributed by atoms with Crippen molar-refractivity contribution in [3.63, 3.8) is 0 Å². The molecule has 0 heterocycles. The molecule has 0 bridgehead atoms. The van der Waals surface area contributed by atoms with Crippen molar-refractivity contribution in [1.29, 1.82) is 0 Å². The number of aryl methyl sites for hydroxylation is 2. The van der Waals surface area contributed by atoms with E-state index in [1.807, 2.05) is 31.2 Å². The van der Waals surface area contributed by atoms with E-state index in [2.05, 4.69) is 16.7 Å². The van der Waals surface area contributed by atoms with E-state index >= 15 is 0 Å². The molecule has 3 rings (SSSR count). The zero-order chi connectivity index (χ0) is 20.8. The molecule has 2 aromatic rings. The van der Waals surface area contributed by atoms with Crippen LogP contribution in [0.25, 0.3) is 0 Å². The molecule has 2 aromatic carbocycles. The molecule has 0 spiro atoms. The van der Waals surface area contributed by atoms with Gasteiger partial charge in [0.2, 0.25) is 0 Å². The number of amides is 2. The predicted octanol–water partition coefficient (Wildman–Crippen LogP) is 2.85. The molecule has 1 aliphatic rings. The van der Waals surface area contributed by atoms with Gasteiger partial charge in [-0.1, -0.05) is 42.0 Å². The molecule has 0 saturated heterocycles. The Bertz CT molecular complexity index is 909. The second-order valence-corrected chi connectivity index (χ2v) is 7.38. The summed E-state index contributed by atoms with van der Waals surface area (Å²) in [4.78, 5) is 36.6. The Hall–Kier alpha value is -3.15. The number of benzene rings is 2. The fourth-order valence-corrected chi connectivity index (χ4v) is 3.53. The van der Waals surface area contributed by atoms with Gasteiger partial charge >= 0.3 is 5.97 Å². The quantitative estimate of drug-likeness (QED) is 0.738. The second-order valence-electron chi connectivity index (χ2n) is 7.38. The first-order valence-corrected chi connectivity index (χ1v) is 9.85. The number of carbonyl (C=O) groups is 3. The molecule has 6 nitrogen and oxygen atoms in total. The molecule has 2 atom stereocenters. The Morgan fingerprint density at radius 2 is 1.93 bits per heavy atom. The molecule has 1 aliphatic carbocycles. The summed E-state index contributed by atoms with van der Waals surface area (Å²) < 4.78 is 5.09. The molecule has 152 valence electrons. The number of hydrogen-bond donors (Lipinski definition) is 2. The molecule has 0 radical (unpaired) electrons. The van der Waals surface area contributed by atoms with Crippen LogP contribution >= 0.6 is 0 Å². The fraction of sp³-hybridized carbons (Fsp3) is 0.348. The van der Waals surface area contributed by atoms with E-state index in [-0.39, 0.29) is 24.5 Å². The molecule has 0 fully saturated rings. The van der Waals surface area contributed by atoms with E-state index in [0.29, 0.717) is 5.56 Å². The predicted molar refractivity (Wildman–Crippen MR) is 109 cm³/mol. The second kappa shape index (κ2) is 9.37. The summed E-state index contributed by atoms with van der Waals surface area (Å²) in [6, 6.07) is 14.2. The highest BCUT2D eigenvalue weighted by molar-refractivity contribution is 5.97. The number of hydrogen-bond acceptors (Lipinski definition) is 4. The van der Waals surface area contributed by atoms with Crippen molar-refractivity contribution in [3.8, 4) is 0 Å². The summed E-state index contributed by atoms with van der Waals surface area (Å²) in [5.41, 5.74) is 3.79. The van der Waals surface area contributed by atoms with E-state index < -0.39 is 12.0 Å². The molecular weight excluding hydrogens is 368 g/mol. The van der Waals surface area contributed by atoms with Crippen molar-refractivity contribution >= 4 is 17.8 Å². The fourth-order valence-electron chi connectivity index (χ4n) is 3.53. The minimum atomic E-state index is -0.855. The first-order chi connectivity index (χ1) is 13.9. The third-order valence-corrected chi connectivity index (χ3v) is 5.03. The van der Waals surface area contributed by atoms with Crippen molar-refractivity contribution in [2.24, 2.45) is 0 Å². The summed E-state index contributed by atoms with van der Waals surface area (Å²) in [5, 5.41) is 5.53. The smallest absolute Gasteiger partial charge is 0.328 e. The monoisotopic (exact) mass is 394 g/mol. The molecule has 0 aliphatic heterocycles. The van der Waals surface area contributed by atoms with Gasteiger partial charge in [0, 0.05) is 5.56 Å². The van der Waals surface area contributed by atoms with Crippen molar-refractivity contribution in [1.82, 2.24) is 10.6 Å². The van der Waals surface area contributed by atoms with Crippen LogP contribution < -0.4 is 10.6 Å². The third kappa shape index (κ3) is 5.44. The number of ether oxygens (including phenoxy) is 1. The summed E-state index contributed by atoms with van der Waals surface area (Å²) in [5.74, 6) is -1.36. The normalized spacial score (nSPS) is 16.3. The van der Waals surface area contributed by atoms with Crippen molar-refractivity contribution in [2.45, 2.75) is 45.2 Å². The largest absolute Gasteiger partial charge is 0.454 e. The lowest BCUT2D eigenvalue weighted by Crippen LogP contribution is -2.41. The first-order valence-electron chi connectivity index (χ1n) is 9.85. The Morgan fingerprint density at radius 3 is 2.72 bits per heavy atom. The SMILES string of the molecule is Cc1cccc(C(=O)N[C@@H](C)C(=O)OCC(=O)N[C@@H]2CCCc3ccccc32)c1. The number of carbonyl (C=O) groups excluding carboxylic acids is 3. The maximum Gasteiger partial charge on any atom is 0.328 e. The van der Waals surface area contributed by atoms with Crippen LogP contribution in [0.15, 0.2) is 48.5 Å². The van der Waals surface area contributed by atoms with Crippen LogP contribution in [0.1, 0.15) is 52.9 Å². The van der Waals surface area contributed by atoms with Crippen LogP contribution in [0.3, 0.4) is 0 Å². The molecule has 0 aromatic heterocycles. The maximum atomic E-state index is 12.3. The molecule has 6 heteroatoms. The Balaban J connectivity index is 1.47. The van der Waals surface area contributed by atoms with Crippen molar-refractivity contribution in [3.05, 3.63) is 70.8 Å². The Kier molecular flexibility index (Phi) is 6.65. The zero-order valence-corrected chi connectivity index (χ0v) is 16.7. The third-order valence-electron chi connectivity index (χ3n) is 5.03. The lowest BCUT2D eigenvalue weighted by molar-refractivity contribution is -0.150. The van der Waals surface area contributed by atoms with Gasteiger partial charge < -0.3 is 15.4 Å². The molecule has 2 N–H and O–H groups in total. The highest BCUT2D eigenvalue weighted by Crippen LogP contribution is 2.29. The van der Waals surface area contributed by atoms with Crippen LogP contribution in [-0.2, 0) is 20.7 Å². The molecule has 2 amide bonds. The van der Waals surface area contributed by atoms with Crippen LogP contribution in [0, 0.1) is 6.92 Å². The van der Waals surface area contributed by atoms with E-state index in [0.717, 1.165) is 30.4 Å². The summed E-state index contributed by atoms with van der Waals surface area (Å²) in [7, 11) is 0. The molecule has 29 heavy (non-hydrogen) atoms. The molecule has 0 saturated carbocycles. The lowest BCUT2D eigenvalue weighted by atomic mass is 9.88. The number of rotatable bonds is 6. The number of fused-ring (bicyclic) bond motifs is 1. The van der Waals surface area contributed by atoms with E-state index in [9.17, 15) is 14.4 Å². The topological polar surface area (TPSA) is 84.5 Å². The van der Waals surface area contributed by atoms with Gasteiger partial charge in [-0.2, -0.15) is 0 Å².